The molecule has 0 heterocycles. The van der Waals surface area contributed by atoms with Gasteiger partial charge < -0.3 is 9.47 Å². The highest BCUT2D eigenvalue weighted by Gasteiger charge is 2.06. The minimum Gasteiger partial charge on any atom is -0.493 e. The lowest BCUT2D eigenvalue weighted by Crippen LogP contribution is -1.98. The van der Waals surface area contributed by atoms with Crippen LogP contribution in [0.15, 0.2) is 48.5 Å². The van der Waals surface area contributed by atoms with Gasteiger partial charge in [-0.15, -0.1) is 0 Å². The molecule has 0 N–H and O–H groups in total. The second kappa shape index (κ2) is 6.46. The average molecular weight is 255 g/mol. The summed E-state index contributed by atoms with van der Waals surface area (Å²) in [6, 6.07) is 17.6. The molecule has 0 aliphatic heterocycles. The zero-order chi connectivity index (χ0) is 13.5. The van der Waals surface area contributed by atoms with Crippen molar-refractivity contribution in [2.24, 2.45) is 0 Å². The van der Waals surface area contributed by atoms with E-state index >= 15 is 0 Å². The molecular weight excluding hydrogens is 240 g/mol. The lowest BCUT2D eigenvalue weighted by molar-refractivity contribution is 0.284. The summed E-state index contributed by atoms with van der Waals surface area (Å²) in [5.41, 5.74) is 2.03. The van der Waals surface area contributed by atoms with Gasteiger partial charge in [-0.05, 0) is 23.3 Å². The third kappa shape index (κ3) is 3.49. The normalized spacial score (nSPS) is 9.68. The molecule has 3 heteroatoms. The highest BCUT2D eigenvalue weighted by Crippen LogP contribution is 2.28. The van der Waals surface area contributed by atoms with Gasteiger partial charge in [-0.3, -0.25) is 0 Å². The van der Waals surface area contributed by atoms with Crippen molar-refractivity contribution in [2.75, 3.05) is 7.11 Å². The summed E-state index contributed by atoms with van der Waals surface area (Å²) in [5, 5.41) is 8.68. The quantitative estimate of drug-likeness (QED) is 0.822. The molecule has 0 amide bonds. The second-order valence-corrected chi connectivity index (χ2v) is 4.09. The zero-order valence-electron chi connectivity index (χ0n) is 10.8. The lowest BCUT2D eigenvalue weighted by atomic mass is 10.2. The maximum absolute atomic E-state index is 8.68. The molecule has 0 unspecified atom stereocenters. The Morgan fingerprint density at radius 3 is 2.47 bits per heavy atom. The van der Waals surface area contributed by atoms with Gasteiger partial charge in [0.25, 0.3) is 0 Å². The highest BCUT2D eigenvalue weighted by atomic mass is 16.5. The molecule has 2 aromatic rings. The van der Waals surface area contributed by atoms with Gasteiger partial charge in [-0.25, -0.2) is 0 Å². The smallest absolute Gasteiger partial charge is 0.161 e. The summed E-state index contributed by atoms with van der Waals surface area (Å²) < 4.78 is 11.0. The molecule has 0 atom stereocenters. The monoisotopic (exact) mass is 255 g/mol. The van der Waals surface area contributed by atoms with E-state index in [0.717, 1.165) is 11.1 Å². The summed E-state index contributed by atoms with van der Waals surface area (Å²) in [6.07, 6.45) is 0.370. The topological polar surface area (TPSA) is 42.2 Å². The van der Waals surface area contributed by atoms with Crippen molar-refractivity contribution in [2.45, 2.75) is 13.0 Å². The van der Waals surface area contributed by atoms with Crippen molar-refractivity contribution >= 4 is 0 Å². The van der Waals surface area contributed by atoms with Crippen LogP contribution < -0.4 is 9.47 Å². The Bertz CT molecular complexity index is 573. The van der Waals surface area contributed by atoms with Crippen LogP contribution in [0.25, 0.3) is 0 Å². The third-order valence-corrected chi connectivity index (χ3v) is 2.75. The molecular formula is C16H15NO2. The fourth-order valence-electron chi connectivity index (χ4n) is 1.77. The summed E-state index contributed by atoms with van der Waals surface area (Å²) in [6.45, 7) is 0.495. The number of ether oxygens (including phenoxy) is 2. The molecule has 0 saturated carbocycles. The largest absolute Gasteiger partial charge is 0.493 e. The summed E-state index contributed by atoms with van der Waals surface area (Å²) in [5.74, 6) is 1.34. The molecule has 0 radical (unpaired) electrons. The van der Waals surface area contributed by atoms with Gasteiger partial charge in [-0.1, -0.05) is 36.4 Å². The van der Waals surface area contributed by atoms with E-state index in [9.17, 15) is 0 Å². The van der Waals surface area contributed by atoms with Crippen molar-refractivity contribution in [3.8, 4) is 17.6 Å². The zero-order valence-corrected chi connectivity index (χ0v) is 10.8. The van der Waals surface area contributed by atoms with E-state index in [0.29, 0.717) is 24.5 Å². The maximum Gasteiger partial charge on any atom is 0.161 e. The van der Waals surface area contributed by atoms with Crippen LogP contribution in [0.4, 0.5) is 0 Å². The van der Waals surface area contributed by atoms with Gasteiger partial charge in [0.05, 0.1) is 19.6 Å². The highest BCUT2D eigenvalue weighted by molar-refractivity contribution is 5.43. The summed E-state index contributed by atoms with van der Waals surface area (Å²) in [7, 11) is 1.60. The SMILES string of the molecule is COc1cc(C[14C]#N)ccc1OCc1ccccc1. The van der Waals surface area contributed by atoms with Gasteiger partial charge >= 0.3 is 0 Å². The molecule has 0 spiro atoms. The first-order chi connectivity index (χ1) is 9.33. The van der Waals surface area contributed by atoms with E-state index in [4.69, 9.17) is 14.7 Å². The molecule has 2 rings (SSSR count). The van der Waals surface area contributed by atoms with Crippen molar-refractivity contribution < 1.29 is 9.47 Å². The van der Waals surface area contributed by atoms with Crippen LogP contribution in [0, 0.1) is 11.3 Å². The average Bonchev–Trinajstić information content (AvgIpc) is 2.47. The lowest BCUT2D eigenvalue weighted by Gasteiger charge is -2.11. The minimum atomic E-state index is 0.370. The van der Waals surface area contributed by atoms with Gasteiger partial charge in [0, 0.05) is 0 Å². The Labute approximate surface area is 113 Å². The Kier molecular flexibility index (Phi) is 4.41. The van der Waals surface area contributed by atoms with Crippen molar-refractivity contribution in [1.82, 2.24) is 0 Å². The molecule has 19 heavy (non-hydrogen) atoms. The van der Waals surface area contributed by atoms with Gasteiger partial charge in [0.15, 0.2) is 11.5 Å². The molecule has 0 saturated heterocycles. The molecule has 0 aliphatic carbocycles. The Hall–Kier alpha value is -2.47. The first kappa shape index (κ1) is 13.0. The summed E-state index contributed by atoms with van der Waals surface area (Å²) in [4.78, 5) is 0. The number of rotatable bonds is 5. The van der Waals surface area contributed by atoms with Crippen LogP contribution >= 0.6 is 0 Å². The molecule has 0 aliphatic rings. The number of methoxy groups -OCH3 is 1. The third-order valence-electron chi connectivity index (χ3n) is 2.75. The van der Waals surface area contributed by atoms with E-state index in [2.05, 4.69) is 6.07 Å². The van der Waals surface area contributed by atoms with Crippen LogP contribution in [0.3, 0.4) is 0 Å². The molecule has 0 bridgehead atoms. The number of nitriles is 1. The summed E-state index contributed by atoms with van der Waals surface area (Å²) >= 11 is 0. The van der Waals surface area contributed by atoms with Crippen LogP contribution in [-0.2, 0) is 13.0 Å². The van der Waals surface area contributed by atoms with Gasteiger partial charge in [-0.2, -0.15) is 5.26 Å². The first-order valence-corrected chi connectivity index (χ1v) is 6.04. The molecule has 96 valence electrons. The first-order valence-electron chi connectivity index (χ1n) is 6.04. The molecule has 0 fully saturated rings. The van der Waals surface area contributed by atoms with Crippen LogP contribution in [-0.4, -0.2) is 7.11 Å². The maximum atomic E-state index is 8.68. The number of hydrogen-bond donors (Lipinski definition) is 0. The number of benzene rings is 2. The standard InChI is InChI=1S/C16H15NO2/c1-18-16-11-13(9-10-17)7-8-15(16)19-12-14-5-3-2-4-6-14/h2-8,11H,9,12H2,1H3/i10+2. The van der Waals surface area contributed by atoms with E-state index in [-0.39, 0.29) is 0 Å². The van der Waals surface area contributed by atoms with E-state index in [1.165, 1.54) is 0 Å². The molecule has 2 aromatic carbocycles. The van der Waals surface area contributed by atoms with E-state index in [1.807, 2.05) is 48.5 Å². The Balaban J connectivity index is 2.10. The predicted octanol–water partition coefficient (Wildman–Crippen LogP) is 3.34. The predicted molar refractivity (Wildman–Crippen MR) is 73.1 cm³/mol. The second-order valence-electron chi connectivity index (χ2n) is 4.09. The van der Waals surface area contributed by atoms with Gasteiger partial charge in [0.2, 0.25) is 0 Å². The fraction of sp³-hybridized carbons (Fsp3) is 0.188. The van der Waals surface area contributed by atoms with Crippen molar-refractivity contribution in [3.63, 3.8) is 0 Å². The molecule has 3 nitrogen and oxygen atoms in total. The van der Waals surface area contributed by atoms with Crippen LogP contribution in [0.2, 0.25) is 0 Å². The van der Waals surface area contributed by atoms with E-state index < -0.39 is 0 Å². The van der Waals surface area contributed by atoms with Crippen LogP contribution in [0.5, 0.6) is 11.5 Å². The Morgan fingerprint density at radius 2 is 1.79 bits per heavy atom. The molecule has 0 aromatic heterocycles. The van der Waals surface area contributed by atoms with E-state index in [1.54, 1.807) is 7.11 Å². The van der Waals surface area contributed by atoms with Gasteiger partial charge in [0.1, 0.15) is 6.61 Å². The number of nitrogens with zero attached hydrogens (tertiary/aromatic N) is 1. The Morgan fingerprint density at radius 1 is 1.00 bits per heavy atom. The fourth-order valence-corrected chi connectivity index (χ4v) is 1.77. The number of hydrogen-bond acceptors (Lipinski definition) is 3. The van der Waals surface area contributed by atoms with Crippen molar-refractivity contribution in [3.05, 3.63) is 59.7 Å². The minimum absolute atomic E-state index is 0.370. The van der Waals surface area contributed by atoms with Crippen LogP contribution in [0.1, 0.15) is 11.1 Å². The van der Waals surface area contributed by atoms with Crippen molar-refractivity contribution in [1.29, 1.82) is 5.26 Å².